The van der Waals surface area contributed by atoms with Crippen LogP contribution >= 0.6 is 0 Å². The lowest BCUT2D eigenvalue weighted by Crippen LogP contribution is -2.61. The Kier molecular flexibility index (Phi) is 1.60. The Bertz CT molecular complexity index is 163. The Morgan fingerprint density at radius 1 is 1.27 bits per heavy atom. The summed E-state index contributed by atoms with van der Waals surface area (Å²) in [5.74, 6) is 0. The highest BCUT2D eigenvalue weighted by atomic mass is 16.5. The lowest BCUT2D eigenvalue weighted by molar-refractivity contribution is -0.141. The van der Waals surface area contributed by atoms with E-state index >= 15 is 0 Å². The van der Waals surface area contributed by atoms with Gasteiger partial charge in [0.15, 0.2) is 0 Å². The molecule has 0 atom stereocenters. The van der Waals surface area contributed by atoms with Crippen LogP contribution < -0.4 is 0 Å². The zero-order valence-electron chi connectivity index (χ0n) is 6.58. The number of hydrogen-bond acceptors (Lipinski definition) is 2. The first-order valence-corrected chi connectivity index (χ1v) is 4.17. The van der Waals surface area contributed by atoms with Crippen LogP contribution in [0.4, 0.5) is 0 Å². The Balaban J connectivity index is 2.02. The molecule has 0 aromatic rings. The lowest BCUT2D eigenvalue weighted by atomic mass is 9.78. The third-order valence-corrected chi connectivity index (χ3v) is 2.98. The van der Waals surface area contributed by atoms with Crippen molar-refractivity contribution in [2.45, 2.75) is 24.8 Å². The molecule has 0 saturated carbocycles. The molecule has 1 spiro atoms. The highest BCUT2D eigenvalue weighted by Crippen LogP contribution is 2.37. The topological polar surface area (TPSA) is 29.5 Å². The molecule has 62 valence electrons. The minimum Gasteiger partial charge on any atom is -0.381 e. The van der Waals surface area contributed by atoms with Crippen molar-refractivity contribution in [3.8, 4) is 0 Å². The monoisotopic (exact) mass is 155 g/mol. The van der Waals surface area contributed by atoms with Crippen LogP contribution in [0.25, 0.3) is 0 Å². The Labute approximate surface area is 66.3 Å². The van der Waals surface area contributed by atoms with Gasteiger partial charge >= 0.3 is 0 Å². The zero-order valence-corrected chi connectivity index (χ0v) is 6.58. The van der Waals surface area contributed by atoms with Gasteiger partial charge in [-0.15, -0.1) is 0 Å². The van der Waals surface area contributed by atoms with Gasteiger partial charge < -0.3 is 9.64 Å². The molecule has 0 radical (unpaired) electrons. The molecule has 2 heterocycles. The summed E-state index contributed by atoms with van der Waals surface area (Å²) in [4.78, 5) is 12.5. The van der Waals surface area contributed by atoms with Crippen LogP contribution in [-0.4, -0.2) is 36.6 Å². The van der Waals surface area contributed by atoms with E-state index in [2.05, 4.69) is 0 Å². The average Bonchev–Trinajstić information content (AvgIpc) is 2.05. The van der Waals surface area contributed by atoms with E-state index in [0.717, 1.165) is 39.0 Å². The summed E-state index contributed by atoms with van der Waals surface area (Å²) >= 11 is 0. The Morgan fingerprint density at radius 3 is 2.45 bits per heavy atom. The second-order valence-electron chi connectivity index (χ2n) is 3.39. The van der Waals surface area contributed by atoms with Gasteiger partial charge in [-0.2, -0.15) is 0 Å². The van der Waals surface area contributed by atoms with Crippen LogP contribution in [0.1, 0.15) is 19.3 Å². The maximum Gasteiger partial charge on any atom is 0.210 e. The fraction of sp³-hybridized carbons (Fsp3) is 0.875. The highest BCUT2D eigenvalue weighted by Gasteiger charge is 2.44. The van der Waals surface area contributed by atoms with Gasteiger partial charge in [0.05, 0.1) is 0 Å². The number of amides is 1. The molecule has 0 N–H and O–H groups in total. The molecule has 0 aromatic heterocycles. The number of rotatable bonds is 1. The van der Waals surface area contributed by atoms with Crippen LogP contribution in [0.5, 0.6) is 0 Å². The number of carbonyl (C=O) groups excluding carboxylic acids is 1. The maximum absolute atomic E-state index is 10.5. The molecule has 2 saturated heterocycles. The summed E-state index contributed by atoms with van der Waals surface area (Å²) in [6, 6.07) is 0. The van der Waals surface area contributed by atoms with E-state index in [1.807, 2.05) is 4.90 Å². The van der Waals surface area contributed by atoms with E-state index in [9.17, 15) is 4.79 Å². The van der Waals surface area contributed by atoms with Gasteiger partial charge in [-0.05, 0) is 19.3 Å². The van der Waals surface area contributed by atoms with Crippen LogP contribution in [-0.2, 0) is 9.53 Å². The number of carbonyl (C=O) groups is 1. The fourth-order valence-electron chi connectivity index (χ4n) is 2.01. The first-order chi connectivity index (χ1) is 5.37. The van der Waals surface area contributed by atoms with Crippen molar-refractivity contribution < 1.29 is 9.53 Å². The van der Waals surface area contributed by atoms with E-state index < -0.39 is 0 Å². The summed E-state index contributed by atoms with van der Waals surface area (Å²) in [5, 5.41) is 0. The Hall–Kier alpha value is -0.570. The second-order valence-corrected chi connectivity index (χ2v) is 3.39. The van der Waals surface area contributed by atoms with Crippen LogP contribution in [0.2, 0.25) is 0 Å². The molecule has 0 aliphatic carbocycles. The molecular weight excluding hydrogens is 142 g/mol. The lowest BCUT2D eigenvalue weighted by Gasteiger charge is -2.53. The zero-order chi connectivity index (χ0) is 7.73. The third-order valence-electron chi connectivity index (χ3n) is 2.98. The molecule has 11 heavy (non-hydrogen) atoms. The number of likely N-dealkylation sites (tertiary alicyclic amines) is 1. The quantitative estimate of drug-likeness (QED) is 0.513. The van der Waals surface area contributed by atoms with Crippen LogP contribution in [0.15, 0.2) is 0 Å². The van der Waals surface area contributed by atoms with Crippen molar-refractivity contribution in [1.82, 2.24) is 4.90 Å². The van der Waals surface area contributed by atoms with Crippen LogP contribution in [0, 0.1) is 0 Å². The Morgan fingerprint density at radius 2 is 2.00 bits per heavy atom. The normalized spacial score (nSPS) is 28.2. The molecule has 2 rings (SSSR count). The van der Waals surface area contributed by atoms with Gasteiger partial charge in [-0.1, -0.05) is 0 Å². The summed E-state index contributed by atoms with van der Waals surface area (Å²) in [6.45, 7) is 2.60. The maximum atomic E-state index is 10.5. The van der Waals surface area contributed by atoms with E-state index in [-0.39, 0.29) is 5.54 Å². The SMILES string of the molecule is O=CN1CCC12CCOCC2. The average molecular weight is 155 g/mol. The predicted molar refractivity (Wildman–Crippen MR) is 40.2 cm³/mol. The molecule has 0 unspecified atom stereocenters. The largest absolute Gasteiger partial charge is 0.381 e. The first kappa shape index (κ1) is 7.10. The second kappa shape index (κ2) is 2.48. The standard InChI is InChI=1S/C8H13NO2/c10-7-9-4-1-8(9)2-5-11-6-3-8/h7H,1-6H2. The molecule has 2 aliphatic heterocycles. The van der Waals surface area contributed by atoms with E-state index in [0.29, 0.717) is 0 Å². The fourth-order valence-corrected chi connectivity index (χ4v) is 2.01. The molecule has 0 bridgehead atoms. The minimum absolute atomic E-state index is 0.208. The summed E-state index contributed by atoms with van der Waals surface area (Å²) in [5.41, 5.74) is 0.208. The van der Waals surface area contributed by atoms with Gasteiger partial charge in [-0.25, -0.2) is 0 Å². The molecular formula is C8H13NO2. The third kappa shape index (κ3) is 0.948. The van der Waals surface area contributed by atoms with Crippen molar-refractivity contribution in [3.63, 3.8) is 0 Å². The van der Waals surface area contributed by atoms with Crippen molar-refractivity contribution in [2.75, 3.05) is 19.8 Å². The van der Waals surface area contributed by atoms with Crippen molar-refractivity contribution in [2.24, 2.45) is 0 Å². The van der Waals surface area contributed by atoms with E-state index in [1.165, 1.54) is 6.42 Å². The summed E-state index contributed by atoms with van der Waals surface area (Å²) in [7, 11) is 0. The molecule has 3 heteroatoms. The van der Waals surface area contributed by atoms with Crippen LogP contribution in [0.3, 0.4) is 0 Å². The number of hydrogen-bond donors (Lipinski definition) is 0. The van der Waals surface area contributed by atoms with Gasteiger partial charge in [0.1, 0.15) is 0 Å². The van der Waals surface area contributed by atoms with Gasteiger partial charge in [0.2, 0.25) is 6.41 Å². The van der Waals surface area contributed by atoms with Crippen molar-refractivity contribution in [1.29, 1.82) is 0 Å². The minimum atomic E-state index is 0.208. The molecule has 1 amide bonds. The summed E-state index contributed by atoms with van der Waals surface area (Å²) in [6.07, 6.45) is 4.22. The van der Waals surface area contributed by atoms with E-state index in [1.54, 1.807) is 0 Å². The summed E-state index contributed by atoms with van der Waals surface area (Å²) < 4.78 is 5.25. The predicted octanol–water partition coefficient (Wildman–Crippen LogP) is 0.398. The molecule has 0 aromatic carbocycles. The molecule has 2 fully saturated rings. The molecule has 3 nitrogen and oxygen atoms in total. The van der Waals surface area contributed by atoms with Gasteiger partial charge in [-0.3, -0.25) is 4.79 Å². The van der Waals surface area contributed by atoms with E-state index in [4.69, 9.17) is 4.74 Å². The highest BCUT2D eigenvalue weighted by molar-refractivity contribution is 5.51. The number of nitrogens with zero attached hydrogens (tertiary/aromatic N) is 1. The van der Waals surface area contributed by atoms with Gasteiger partial charge in [0, 0.05) is 25.3 Å². The van der Waals surface area contributed by atoms with Crippen molar-refractivity contribution >= 4 is 6.41 Å². The number of ether oxygens (including phenoxy) is 1. The smallest absolute Gasteiger partial charge is 0.210 e. The molecule has 2 aliphatic rings. The van der Waals surface area contributed by atoms with Gasteiger partial charge in [0.25, 0.3) is 0 Å². The first-order valence-electron chi connectivity index (χ1n) is 4.17. The van der Waals surface area contributed by atoms with Crippen molar-refractivity contribution in [3.05, 3.63) is 0 Å².